The number of hydrogen-bond donors (Lipinski definition) is 2. The number of fused-ring (bicyclic) bond motifs is 3. The van der Waals surface area contributed by atoms with Crippen LogP contribution in [0.25, 0.3) is 22.0 Å². The van der Waals surface area contributed by atoms with E-state index in [0.717, 1.165) is 23.5 Å². The molecular formula is C25H22N2O2S. The Hall–Kier alpha value is -3.02. The molecule has 1 aromatic heterocycles. The summed E-state index contributed by atoms with van der Waals surface area (Å²) in [5, 5.41) is 10.3. The van der Waals surface area contributed by atoms with Gasteiger partial charge in [0.25, 0.3) is 5.91 Å². The summed E-state index contributed by atoms with van der Waals surface area (Å²) in [7, 11) is 0. The van der Waals surface area contributed by atoms with Crippen LogP contribution in [-0.4, -0.2) is 21.4 Å². The van der Waals surface area contributed by atoms with E-state index in [9.17, 15) is 4.79 Å². The van der Waals surface area contributed by atoms with Gasteiger partial charge in [-0.15, -0.1) is 0 Å². The van der Waals surface area contributed by atoms with Crippen LogP contribution >= 0.6 is 11.8 Å². The topological polar surface area (TPSA) is 54.3 Å². The Bertz CT molecular complexity index is 1230. The van der Waals surface area contributed by atoms with Crippen molar-refractivity contribution in [2.45, 2.75) is 18.7 Å². The van der Waals surface area contributed by atoms with Gasteiger partial charge in [-0.2, -0.15) is 11.8 Å². The van der Waals surface area contributed by atoms with Crippen LogP contribution in [0.4, 0.5) is 0 Å². The van der Waals surface area contributed by atoms with Gasteiger partial charge in [0, 0.05) is 34.5 Å². The first-order valence-corrected chi connectivity index (χ1v) is 11.2. The first-order valence-electron chi connectivity index (χ1n) is 10.0. The molecule has 1 aliphatic rings. The zero-order chi connectivity index (χ0) is 20.5. The maximum Gasteiger partial charge on any atom is 0.274 e. The van der Waals surface area contributed by atoms with E-state index in [1.807, 2.05) is 36.0 Å². The molecule has 2 N–H and O–H groups in total. The molecule has 0 unspecified atom stereocenters. The minimum absolute atomic E-state index is 0.460. The quantitative estimate of drug-likeness (QED) is 0.354. The van der Waals surface area contributed by atoms with Gasteiger partial charge in [0.2, 0.25) is 0 Å². The van der Waals surface area contributed by atoms with Crippen LogP contribution in [0.2, 0.25) is 0 Å². The Labute approximate surface area is 179 Å². The molecule has 2 heterocycles. The second-order valence-corrected chi connectivity index (χ2v) is 8.66. The lowest BCUT2D eigenvalue weighted by molar-refractivity contribution is 0.0706. The van der Waals surface area contributed by atoms with Crippen molar-refractivity contribution in [3.8, 4) is 11.1 Å². The molecule has 0 saturated carbocycles. The lowest BCUT2D eigenvalue weighted by atomic mass is 10.0. The van der Waals surface area contributed by atoms with E-state index in [1.54, 1.807) is 11.5 Å². The average Bonchev–Trinajstić information content (AvgIpc) is 3.12. The second-order valence-electron chi connectivity index (χ2n) is 7.55. The molecule has 4 nitrogen and oxygen atoms in total. The molecule has 4 aromatic rings. The Morgan fingerprint density at radius 3 is 2.70 bits per heavy atom. The Kier molecular flexibility index (Phi) is 5.07. The van der Waals surface area contributed by atoms with Crippen molar-refractivity contribution in [2.75, 3.05) is 5.75 Å². The molecule has 0 bridgehead atoms. The van der Waals surface area contributed by atoms with E-state index < -0.39 is 5.91 Å². The first kappa shape index (κ1) is 19.0. The van der Waals surface area contributed by atoms with E-state index in [1.165, 1.54) is 33.3 Å². The van der Waals surface area contributed by atoms with E-state index in [-0.39, 0.29) is 0 Å². The van der Waals surface area contributed by atoms with Gasteiger partial charge in [-0.3, -0.25) is 10.0 Å². The molecule has 1 amide bonds. The number of thioether (sulfide) groups is 1. The summed E-state index contributed by atoms with van der Waals surface area (Å²) < 4.78 is 2.40. The predicted molar refractivity (Wildman–Crippen MR) is 122 cm³/mol. The average molecular weight is 415 g/mol. The molecule has 0 radical (unpaired) electrons. The molecule has 0 saturated heterocycles. The molecule has 0 atom stereocenters. The molecule has 0 fully saturated rings. The number of carbonyl (C=O) groups excluding carboxylic acids is 1. The number of rotatable bonds is 4. The number of benzene rings is 3. The molecule has 0 aliphatic carbocycles. The van der Waals surface area contributed by atoms with Crippen LogP contribution in [0, 0.1) is 0 Å². The lowest BCUT2D eigenvalue weighted by Gasteiger charge is -2.16. The van der Waals surface area contributed by atoms with Crippen molar-refractivity contribution in [1.82, 2.24) is 10.0 Å². The van der Waals surface area contributed by atoms with Gasteiger partial charge >= 0.3 is 0 Å². The summed E-state index contributed by atoms with van der Waals surface area (Å²) in [6.45, 7) is 0.702. The summed E-state index contributed by atoms with van der Waals surface area (Å²) in [6.07, 6.45) is 1.05. The van der Waals surface area contributed by atoms with Gasteiger partial charge in [-0.25, -0.2) is 5.48 Å². The number of amides is 1. The van der Waals surface area contributed by atoms with Crippen LogP contribution in [0.15, 0.2) is 72.8 Å². The van der Waals surface area contributed by atoms with Crippen LogP contribution in [0.1, 0.15) is 27.2 Å². The van der Waals surface area contributed by atoms with Crippen LogP contribution in [0.5, 0.6) is 0 Å². The Balaban J connectivity index is 1.61. The van der Waals surface area contributed by atoms with E-state index >= 15 is 0 Å². The number of aromatic nitrogens is 1. The standard InChI is InChI=1S/C25H22N2O2S/c28-25(26-29)20-8-4-5-17(13-20)15-27-23-10-9-19(18-6-2-1-3-7-18)14-21(23)22-16-30-12-11-24(22)27/h1-10,13-14,29H,11-12,15-16H2,(H,26,28). The SMILES string of the molecule is O=C(NO)c1cccc(Cn2c3c(c4cc(-c5ccccc5)ccc42)CSCC3)c1. The maximum atomic E-state index is 11.8. The van der Waals surface area contributed by atoms with Gasteiger partial charge in [-0.1, -0.05) is 48.5 Å². The number of hydroxylamine groups is 1. The molecule has 150 valence electrons. The summed E-state index contributed by atoms with van der Waals surface area (Å²) >= 11 is 1.99. The van der Waals surface area contributed by atoms with Gasteiger partial charge in [0.1, 0.15) is 0 Å². The number of hydrogen-bond acceptors (Lipinski definition) is 3. The highest BCUT2D eigenvalue weighted by molar-refractivity contribution is 7.98. The third-order valence-corrected chi connectivity index (χ3v) is 6.74. The lowest BCUT2D eigenvalue weighted by Crippen LogP contribution is -2.18. The van der Waals surface area contributed by atoms with Crippen molar-refractivity contribution in [3.05, 3.63) is 95.2 Å². The largest absolute Gasteiger partial charge is 0.340 e. The van der Waals surface area contributed by atoms with Crippen molar-refractivity contribution in [1.29, 1.82) is 0 Å². The fraction of sp³-hybridized carbons (Fsp3) is 0.160. The van der Waals surface area contributed by atoms with Gasteiger partial charge in [-0.05, 0) is 58.7 Å². The van der Waals surface area contributed by atoms with Crippen LogP contribution in [0.3, 0.4) is 0 Å². The molecule has 3 aromatic carbocycles. The normalized spacial score (nSPS) is 13.2. The smallest absolute Gasteiger partial charge is 0.274 e. The van der Waals surface area contributed by atoms with Crippen LogP contribution < -0.4 is 5.48 Å². The molecule has 0 spiro atoms. The third-order valence-electron chi connectivity index (χ3n) is 5.75. The van der Waals surface area contributed by atoms with Crippen molar-refractivity contribution in [3.63, 3.8) is 0 Å². The third kappa shape index (κ3) is 3.40. The van der Waals surface area contributed by atoms with E-state index in [4.69, 9.17) is 5.21 Å². The predicted octanol–water partition coefficient (Wildman–Crippen LogP) is 5.26. The monoisotopic (exact) mass is 414 g/mol. The van der Waals surface area contributed by atoms with Gasteiger partial charge < -0.3 is 4.57 Å². The van der Waals surface area contributed by atoms with Crippen molar-refractivity contribution < 1.29 is 10.0 Å². The Morgan fingerprint density at radius 1 is 1.00 bits per heavy atom. The van der Waals surface area contributed by atoms with Crippen molar-refractivity contribution >= 4 is 28.6 Å². The summed E-state index contributed by atoms with van der Waals surface area (Å²) in [4.78, 5) is 11.8. The molecule has 30 heavy (non-hydrogen) atoms. The molecule has 5 heteroatoms. The number of nitrogens with one attached hydrogen (secondary N) is 1. The van der Waals surface area contributed by atoms with Gasteiger partial charge in [0.05, 0.1) is 0 Å². The first-order chi connectivity index (χ1) is 14.7. The molecule has 5 rings (SSSR count). The zero-order valence-corrected chi connectivity index (χ0v) is 17.3. The molecule has 1 aliphatic heterocycles. The fourth-order valence-corrected chi connectivity index (χ4v) is 5.32. The molecular weight excluding hydrogens is 392 g/mol. The van der Waals surface area contributed by atoms with E-state index in [0.29, 0.717) is 12.1 Å². The highest BCUT2D eigenvalue weighted by atomic mass is 32.2. The Morgan fingerprint density at radius 2 is 1.87 bits per heavy atom. The highest BCUT2D eigenvalue weighted by Crippen LogP contribution is 2.36. The number of nitrogens with zero attached hydrogens (tertiary/aromatic N) is 1. The zero-order valence-electron chi connectivity index (χ0n) is 16.5. The van der Waals surface area contributed by atoms with Gasteiger partial charge in [0.15, 0.2) is 0 Å². The minimum atomic E-state index is -0.486. The summed E-state index contributed by atoms with van der Waals surface area (Å²) in [6, 6.07) is 24.7. The summed E-state index contributed by atoms with van der Waals surface area (Å²) in [5.74, 6) is 1.67. The highest BCUT2D eigenvalue weighted by Gasteiger charge is 2.21. The minimum Gasteiger partial charge on any atom is -0.340 e. The second kappa shape index (κ2) is 8.01. The van der Waals surface area contributed by atoms with Crippen LogP contribution in [-0.2, 0) is 18.7 Å². The van der Waals surface area contributed by atoms with E-state index in [2.05, 4.69) is 47.0 Å². The maximum absolute atomic E-state index is 11.8. The summed E-state index contributed by atoms with van der Waals surface area (Å²) in [5.41, 5.74) is 9.75. The number of carbonyl (C=O) groups is 1. The van der Waals surface area contributed by atoms with Crippen molar-refractivity contribution in [2.24, 2.45) is 0 Å². The fourth-order valence-electron chi connectivity index (χ4n) is 4.32.